The topological polar surface area (TPSA) is 30.0 Å². The maximum atomic E-state index is 12.3. The Hall–Kier alpha value is -0.650. The average molecular weight is 308 g/mol. The van der Waals surface area contributed by atoms with Crippen LogP contribution in [-0.2, 0) is 4.79 Å². The first-order valence-corrected chi connectivity index (χ1v) is 9.26. The second-order valence-corrected chi connectivity index (χ2v) is 7.11. The third-order valence-electron chi connectivity index (χ3n) is 5.46. The van der Waals surface area contributed by atoms with Crippen molar-refractivity contribution in [3.8, 4) is 0 Å². The first-order chi connectivity index (χ1) is 10.8. The Balaban J connectivity index is 1.32. The van der Waals surface area contributed by atoms with Gasteiger partial charge in [0, 0.05) is 39.3 Å². The number of likely N-dealkylation sites (tertiary alicyclic amines) is 2. The lowest BCUT2D eigenvalue weighted by molar-refractivity contribution is -0.133. The molecule has 3 heterocycles. The number of rotatable bonds is 5. The molecule has 126 valence electrons. The second kappa shape index (κ2) is 8.27. The molecule has 3 fully saturated rings. The van der Waals surface area contributed by atoms with Gasteiger partial charge in [0.05, 0.1) is 6.54 Å². The van der Waals surface area contributed by atoms with Gasteiger partial charge in [0.15, 0.2) is 0 Å². The molecular formula is C17H32N4O. The minimum absolute atomic E-state index is 0.345. The fraction of sp³-hybridized carbons (Fsp3) is 0.941. The quantitative estimate of drug-likeness (QED) is 0.748. The van der Waals surface area contributed by atoms with E-state index in [-0.39, 0.29) is 0 Å². The number of nitrogens with zero attached hydrogens (tertiary/aromatic N) is 4. The van der Waals surface area contributed by atoms with Crippen LogP contribution in [0.2, 0.25) is 0 Å². The summed E-state index contributed by atoms with van der Waals surface area (Å²) in [5.41, 5.74) is 0. The van der Waals surface area contributed by atoms with Crippen LogP contribution in [0.3, 0.4) is 0 Å². The molecular weight excluding hydrogens is 276 g/mol. The molecule has 0 spiro atoms. The van der Waals surface area contributed by atoms with Gasteiger partial charge in [-0.15, -0.1) is 0 Å². The predicted octanol–water partition coefficient (Wildman–Crippen LogP) is 0.712. The van der Waals surface area contributed by atoms with E-state index in [0.29, 0.717) is 12.5 Å². The molecule has 1 amide bonds. The van der Waals surface area contributed by atoms with Crippen LogP contribution in [0.15, 0.2) is 0 Å². The van der Waals surface area contributed by atoms with E-state index in [9.17, 15) is 4.79 Å². The molecule has 5 nitrogen and oxygen atoms in total. The molecule has 0 bridgehead atoms. The van der Waals surface area contributed by atoms with Crippen molar-refractivity contribution in [3.05, 3.63) is 0 Å². The van der Waals surface area contributed by atoms with E-state index in [4.69, 9.17) is 0 Å². The molecule has 0 N–H and O–H groups in total. The van der Waals surface area contributed by atoms with Gasteiger partial charge in [-0.3, -0.25) is 14.6 Å². The summed E-state index contributed by atoms with van der Waals surface area (Å²) in [6, 6.07) is 0. The largest absolute Gasteiger partial charge is 0.339 e. The van der Waals surface area contributed by atoms with Crippen molar-refractivity contribution in [1.82, 2.24) is 19.6 Å². The standard InChI is InChI=1S/C17H32N4O/c22-17(16-20-8-4-5-9-20)21-14-12-19(13-15-21)11-10-18-6-2-1-3-7-18/h1-16H2. The summed E-state index contributed by atoms with van der Waals surface area (Å²) in [5, 5.41) is 0. The predicted molar refractivity (Wildman–Crippen MR) is 89.0 cm³/mol. The zero-order valence-corrected chi connectivity index (χ0v) is 14.0. The van der Waals surface area contributed by atoms with Crippen LogP contribution in [0.1, 0.15) is 32.1 Å². The summed E-state index contributed by atoms with van der Waals surface area (Å²) in [5.74, 6) is 0.345. The van der Waals surface area contributed by atoms with Gasteiger partial charge < -0.3 is 9.80 Å². The lowest BCUT2D eigenvalue weighted by Gasteiger charge is -2.37. The summed E-state index contributed by atoms with van der Waals surface area (Å²) in [7, 11) is 0. The van der Waals surface area contributed by atoms with Crippen molar-refractivity contribution in [2.45, 2.75) is 32.1 Å². The van der Waals surface area contributed by atoms with Crippen molar-refractivity contribution in [2.24, 2.45) is 0 Å². The number of carbonyl (C=O) groups is 1. The lowest BCUT2D eigenvalue weighted by Crippen LogP contribution is -2.52. The molecule has 0 aromatic carbocycles. The first-order valence-electron chi connectivity index (χ1n) is 9.26. The maximum absolute atomic E-state index is 12.3. The van der Waals surface area contributed by atoms with Crippen LogP contribution in [0, 0.1) is 0 Å². The highest BCUT2D eigenvalue weighted by molar-refractivity contribution is 5.78. The molecule has 3 saturated heterocycles. The van der Waals surface area contributed by atoms with Crippen LogP contribution in [0.25, 0.3) is 0 Å². The van der Waals surface area contributed by atoms with Gasteiger partial charge in [0.25, 0.3) is 0 Å². The third kappa shape index (κ3) is 4.67. The average Bonchev–Trinajstić information content (AvgIpc) is 3.07. The Labute approximate surface area is 135 Å². The molecule has 0 radical (unpaired) electrons. The number of piperidine rings is 1. The molecule has 3 aliphatic heterocycles. The van der Waals surface area contributed by atoms with Crippen LogP contribution in [-0.4, -0.2) is 97.5 Å². The molecule has 0 aromatic heterocycles. The Bertz CT molecular complexity index is 343. The van der Waals surface area contributed by atoms with Gasteiger partial charge in [-0.1, -0.05) is 6.42 Å². The van der Waals surface area contributed by atoms with E-state index >= 15 is 0 Å². The van der Waals surface area contributed by atoms with Gasteiger partial charge in [-0.05, 0) is 51.9 Å². The highest BCUT2D eigenvalue weighted by Gasteiger charge is 2.24. The van der Waals surface area contributed by atoms with Crippen molar-refractivity contribution in [3.63, 3.8) is 0 Å². The summed E-state index contributed by atoms with van der Waals surface area (Å²) in [6.07, 6.45) is 6.68. The minimum Gasteiger partial charge on any atom is -0.339 e. The molecule has 0 unspecified atom stereocenters. The molecule has 3 aliphatic rings. The lowest BCUT2D eigenvalue weighted by atomic mass is 10.1. The van der Waals surface area contributed by atoms with E-state index in [1.807, 2.05) is 0 Å². The van der Waals surface area contributed by atoms with Crippen LogP contribution >= 0.6 is 0 Å². The summed E-state index contributed by atoms with van der Waals surface area (Å²) < 4.78 is 0. The number of hydrogen-bond donors (Lipinski definition) is 0. The zero-order valence-electron chi connectivity index (χ0n) is 14.0. The Morgan fingerprint density at radius 1 is 0.591 bits per heavy atom. The summed E-state index contributed by atoms with van der Waals surface area (Å²) in [6.45, 7) is 11.8. The second-order valence-electron chi connectivity index (χ2n) is 7.11. The van der Waals surface area contributed by atoms with E-state index < -0.39 is 0 Å². The van der Waals surface area contributed by atoms with E-state index in [1.54, 1.807) is 0 Å². The first kappa shape index (κ1) is 16.2. The highest BCUT2D eigenvalue weighted by Crippen LogP contribution is 2.10. The van der Waals surface area contributed by atoms with Crippen LogP contribution in [0.4, 0.5) is 0 Å². The SMILES string of the molecule is O=C(CN1CCCC1)N1CCN(CCN2CCCCC2)CC1. The normalized spacial score (nSPS) is 25.7. The zero-order chi connectivity index (χ0) is 15.2. The van der Waals surface area contributed by atoms with Gasteiger partial charge in [0.1, 0.15) is 0 Å². The maximum Gasteiger partial charge on any atom is 0.236 e. The molecule has 0 aliphatic carbocycles. The number of carbonyl (C=O) groups excluding carboxylic acids is 1. The third-order valence-corrected chi connectivity index (χ3v) is 5.46. The highest BCUT2D eigenvalue weighted by atomic mass is 16.2. The van der Waals surface area contributed by atoms with Crippen molar-refractivity contribution in [1.29, 1.82) is 0 Å². The minimum atomic E-state index is 0.345. The monoisotopic (exact) mass is 308 g/mol. The number of hydrogen-bond acceptors (Lipinski definition) is 4. The van der Waals surface area contributed by atoms with Crippen molar-refractivity contribution in [2.75, 3.05) is 72.0 Å². The molecule has 0 atom stereocenters. The summed E-state index contributed by atoms with van der Waals surface area (Å²) in [4.78, 5) is 21.9. The molecule has 5 heteroatoms. The molecule has 0 aromatic rings. The van der Waals surface area contributed by atoms with E-state index in [2.05, 4.69) is 19.6 Å². The van der Waals surface area contributed by atoms with Crippen LogP contribution < -0.4 is 0 Å². The number of amides is 1. The molecule has 0 saturated carbocycles. The van der Waals surface area contributed by atoms with Crippen molar-refractivity contribution < 1.29 is 4.79 Å². The van der Waals surface area contributed by atoms with Gasteiger partial charge in [-0.25, -0.2) is 0 Å². The van der Waals surface area contributed by atoms with Crippen molar-refractivity contribution >= 4 is 5.91 Å². The van der Waals surface area contributed by atoms with Gasteiger partial charge in [-0.2, -0.15) is 0 Å². The Morgan fingerprint density at radius 2 is 1.09 bits per heavy atom. The van der Waals surface area contributed by atoms with E-state index in [1.165, 1.54) is 58.3 Å². The summed E-state index contributed by atoms with van der Waals surface area (Å²) >= 11 is 0. The Morgan fingerprint density at radius 3 is 1.73 bits per heavy atom. The molecule has 22 heavy (non-hydrogen) atoms. The Kier molecular flexibility index (Phi) is 6.10. The fourth-order valence-corrected chi connectivity index (χ4v) is 3.92. The number of piperazine rings is 1. The molecule has 3 rings (SSSR count). The fourth-order valence-electron chi connectivity index (χ4n) is 3.92. The van der Waals surface area contributed by atoms with Crippen LogP contribution in [0.5, 0.6) is 0 Å². The van der Waals surface area contributed by atoms with Gasteiger partial charge in [0.2, 0.25) is 5.91 Å². The van der Waals surface area contributed by atoms with E-state index in [0.717, 1.165) is 39.3 Å². The van der Waals surface area contributed by atoms with Gasteiger partial charge >= 0.3 is 0 Å². The smallest absolute Gasteiger partial charge is 0.236 e.